The summed E-state index contributed by atoms with van der Waals surface area (Å²) in [7, 11) is 2.31. The van der Waals surface area contributed by atoms with Crippen molar-refractivity contribution in [2.75, 3.05) is 7.05 Å². The summed E-state index contributed by atoms with van der Waals surface area (Å²) in [6, 6.07) is 10.2. The van der Waals surface area contributed by atoms with E-state index in [0.29, 0.717) is 6.04 Å². The van der Waals surface area contributed by atoms with E-state index < -0.39 is 0 Å². The van der Waals surface area contributed by atoms with Gasteiger partial charge in [-0.05, 0) is 49.8 Å². The molecule has 0 saturated heterocycles. The molecule has 0 radical (unpaired) electrons. The zero-order valence-electron chi connectivity index (χ0n) is 12.9. The van der Waals surface area contributed by atoms with Crippen LogP contribution in [0.25, 0.3) is 0 Å². The molecule has 0 aliphatic heterocycles. The number of hydrogen-bond acceptors (Lipinski definition) is 2. The lowest BCUT2D eigenvalue weighted by Crippen LogP contribution is -2.49. The first-order valence-electron chi connectivity index (χ1n) is 8.22. The third kappa shape index (κ3) is 2.64. The fourth-order valence-corrected chi connectivity index (χ4v) is 4.28. The minimum absolute atomic E-state index is 0.183. The summed E-state index contributed by atoms with van der Waals surface area (Å²) in [5, 5.41) is 0. The molecule has 0 heterocycles. The molecule has 2 aliphatic carbocycles. The Kier molecular flexibility index (Phi) is 4.13. The SMILES string of the molecule is CC1CCCC(N(C)C2CCc3ccccc3C2N)C1. The quantitative estimate of drug-likeness (QED) is 0.892. The fraction of sp³-hybridized carbons (Fsp3) is 0.667. The first-order chi connectivity index (χ1) is 9.66. The van der Waals surface area contributed by atoms with Gasteiger partial charge in [0.1, 0.15) is 0 Å². The Balaban J connectivity index is 1.74. The predicted octanol–water partition coefficient (Wildman–Crippen LogP) is 3.51. The van der Waals surface area contributed by atoms with Crippen molar-refractivity contribution in [3.8, 4) is 0 Å². The van der Waals surface area contributed by atoms with Crippen molar-refractivity contribution in [3.05, 3.63) is 35.4 Å². The first-order valence-corrected chi connectivity index (χ1v) is 8.22. The van der Waals surface area contributed by atoms with Crippen molar-refractivity contribution < 1.29 is 0 Å². The minimum atomic E-state index is 0.183. The van der Waals surface area contributed by atoms with Crippen molar-refractivity contribution >= 4 is 0 Å². The standard InChI is InChI=1S/C18H28N2/c1-13-6-5-8-15(12-13)20(2)17-11-10-14-7-3-4-9-16(14)18(17)19/h3-4,7,9,13,15,17-18H,5-6,8,10-12,19H2,1-2H3. The van der Waals surface area contributed by atoms with E-state index in [0.717, 1.165) is 12.0 Å². The van der Waals surface area contributed by atoms with Gasteiger partial charge in [-0.3, -0.25) is 4.90 Å². The number of rotatable bonds is 2. The van der Waals surface area contributed by atoms with E-state index in [-0.39, 0.29) is 6.04 Å². The maximum atomic E-state index is 6.59. The van der Waals surface area contributed by atoms with E-state index in [1.165, 1.54) is 49.7 Å². The fourth-order valence-electron chi connectivity index (χ4n) is 4.28. The number of hydrogen-bond donors (Lipinski definition) is 1. The highest BCUT2D eigenvalue weighted by Crippen LogP contribution is 2.35. The lowest BCUT2D eigenvalue weighted by molar-refractivity contribution is 0.0942. The van der Waals surface area contributed by atoms with Gasteiger partial charge >= 0.3 is 0 Å². The Bertz CT molecular complexity index is 456. The number of nitrogens with zero attached hydrogens (tertiary/aromatic N) is 1. The zero-order chi connectivity index (χ0) is 14.1. The third-order valence-corrected chi connectivity index (χ3v) is 5.55. The topological polar surface area (TPSA) is 29.3 Å². The molecule has 0 bridgehead atoms. The summed E-state index contributed by atoms with van der Waals surface area (Å²) < 4.78 is 0. The van der Waals surface area contributed by atoms with Gasteiger partial charge in [-0.2, -0.15) is 0 Å². The second-order valence-electron chi connectivity index (χ2n) is 6.92. The van der Waals surface area contributed by atoms with Crippen LogP contribution in [0.1, 0.15) is 56.2 Å². The van der Waals surface area contributed by atoms with Gasteiger partial charge in [-0.15, -0.1) is 0 Å². The smallest absolute Gasteiger partial charge is 0.0455 e. The highest BCUT2D eigenvalue weighted by Gasteiger charge is 2.33. The largest absolute Gasteiger partial charge is 0.323 e. The van der Waals surface area contributed by atoms with E-state index in [2.05, 4.69) is 43.1 Å². The Morgan fingerprint density at radius 2 is 1.95 bits per heavy atom. The van der Waals surface area contributed by atoms with Crippen LogP contribution >= 0.6 is 0 Å². The Hall–Kier alpha value is -0.860. The monoisotopic (exact) mass is 272 g/mol. The molecular weight excluding hydrogens is 244 g/mol. The molecule has 3 rings (SSSR count). The van der Waals surface area contributed by atoms with E-state index in [4.69, 9.17) is 5.73 Å². The predicted molar refractivity (Wildman–Crippen MR) is 84.7 cm³/mol. The highest BCUT2D eigenvalue weighted by atomic mass is 15.2. The average Bonchev–Trinajstić information content (AvgIpc) is 2.47. The van der Waals surface area contributed by atoms with E-state index in [1.807, 2.05) is 0 Å². The van der Waals surface area contributed by atoms with Gasteiger partial charge in [0.2, 0.25) is 0 Å². The molecule has 0 aromatic heterocycles. The molecule has 1 fully saturated rings. The molecule has 2 heteroatoms. The number of nitrogens with two attached hydrogens (primary N) is 1. The van der Waals surface area contributed by atoms with Crippen LogP contribution in [-0.4, -0.2) is 24.0 Å². The normalized spacial score (nSPS) is 34.0. The van der Waals surface area contributed by atoms with Crippen molar-refractivity contribution in [1.82, 2.24) is 4.90 Å². The zero-order valence-corrected chi connectivity index (χ0v) is 12.9. The van der Waals surface area contributed by atoms with E-state index in [1.54, 1.807) is 0 Å². The summed E-state index contributed by atoms with van der Waals surface area (Å²) in [6.07, 6.45) is 7.88. The lowest BCUT2D eigenvalue weighted by atomic mass is 9.81. The molecule has 4 unspecified atom stereocenters. The Labute approximate surface area is 123 Å². The number of fused-ring (bicyclic) bond motifs is 1. The molecule has 110 valence electrons. The van der Waals surface area contributed by atoms with Gasteiger partial charge in [0, 0.05) is 18.1 Å². The lowest BCUT2D eigenvalue weighted by Gasteiger charge is -2.43. The minimum Gasteiger partial charge on any atom is -0.323 e. The maximum Gasteiger partial charge on any atom is 0.0455 e. The number of benzene rings is 1. The number of likely N-dealkylation sites (N-methyl/N-ethyl adjacent to an activating group) is 1. The number of aryl methyl sites for hydroxylation is 1. The van der Waals surface area contributed by atoms with E-state index in [9.17, 15) is 0 Å². The van der Waals surface area contributed by atoms with Crippen molar-refractivity contribution in [2.45, 2.75) is 63.6 Å². The summed E-state index contributed by atoms with van der Waals surface area (Å²) in [5.74, 6) is 0.878. The van der Waals surface area contributed by atoms with E-state index >= 15 is 0 Å². The van der Waals surface area contributed by atoms with Gasteiger partial charge in [0.15, 0.2) is 0 Å². The Morgan fingerprint density at radius 3 is 2.75 bits per heavy atom. The molecule has 0 amide bonds. The molecule has 2 aliphatic rings. The first kappa shape index (κ1) is 14.1. The Morgan fingerprint density at radius 1 is 1.15 bits per heavy atom. The summed E-state index contributed by atoms with van der Waals surface area (Å²) in [6.45, 7) is 2.40. The van der Waals surface area contributed by atoms with Crippen LogP contribution in [0.2, 0.25) is 0 Å². The molecule has 1 saturated carbocycles. The van der Waals surface area contributed by atoms with Gasteiger partial charge in [0.25, 0.3) is 0 Å². The van der Waals surface area contributed by atoms with Gasteiger partial charge < -0.3 is 5.73 Å². The molecule has 2 nitrogen and oxygen atoms in total. The van der Waals surface area contributed by atoms with Gasteiger partial charge in [-0.25, -0.2) is 0 Å². The molecular formula is C18H28N2. The van der Waals surface area contributed by atoms with Gasteiger partial charge in [-0.1, -0.05) is 44.0 Å². The summed E-state index contributed by atoms with van der Waals surface area (Å²) in [5.41, 5.74) is 9.43. The van der Waals surface area contributed by atoms with Crippen molar-refractivity contribution in [3.63, 3.8) is 0 Å². The van der Waals surface area contributed by atoms with Gasteiger partial charge in [0.05, 0.1) is 0 Å². The second kappa shape index (κ2) is 5.87. The van der Waals surface area contributed by atoms with Crippen molar-refractivity contribution in [1.29, 1.82) is 0 Å². The summed E-state index contributed by atoms with van der Waals surface area (Å²) >= 11 is 0. The summed E-state index contributed by atoms with van der Waals surface area (Å²) in [4.78, 5) is 2.61. The molecule has 1 aromatic rings. The molecule has 1 aromatic carbocycles. The molecule has 4 atom stereocenters. The van der Waals surface area contributed by atoms with Crippen LogP contribution in [0.4, 0.5) is 0 Å². The van der Waals surface area contributed by atoms with Crippen LogP contribution in [-0.2, 0) is 6.42 Å². The highest BCUT2D eigenvalue weighted by molar-refractivity contribution is 5.33. The maximum absolute atomic E-state index is 6.59. The van der Waals surface area contributed by atoms with Crippen LogP contribution in [0, 0.1) is 5.92 Å². The molecule has 0 spiro atoms. The van der Waals surface area contributed by atoms with Crippen LogP contribution < -0.4 is 5.73 Å². The third-order valence-electron chi connectivity index (χ3n) is 5.55. The second-order valence-corrected chi connectivity index (χ2v) is 6.92. The molecule has 2 N–H and O–H groups in total. The van der Waals surface area contributed by atoms with Crippen molar-refractivity contribution in [2.24, 2.45) is 11.7 Å². The average molecular weight is 272 g/mol. The van der Waals surface area contributed by atoms with Crippen LogP contribution in [0.3, 0.4) is 0 Å². The molecule has 20 heavy (non-hydrogen) atoms. The van der Waals surface area contributed by atoms with Crippen LogP contribution in [0.15, 0.2) is 24.3 Å². The van der Waals surface area contributed by atoms with Crippen LogP contribution in [0.5, 0.6) is 0 Å².